The van der Waals surface area contributed by atoms with Crippen LogP contribution < -0.4 is 10.6 Å². The Bertz CT molecular complexity index is 499. The number of hydrogen-bond donors (Lipinski definition) is 1. The summed E-state index contributed by atoms with van der Waals surface area (Å²) in [5.41, 5.74) is 5.49. The normalized spacial score (nSPS) is 10.4. The lowest BCUT2D eigenvalue weighted by atomic mass is 10.1. The first-order valence-corrected chi connectivity index (χ1v) is 6.32. The van der Waals surface area contributed by atoms with Gasteiger partial charge in [0.1, 0.15) is 5.69 Å². The van der Waals surface area contributed by atoms with E-state index in [-0.39, 0.29) is 11.3 Å². The third-order valence-electron chi connectivity index (χ3n) is 2.93. The number of nitrogens with two attached hydrogens (primary N) is 1. The molecule has 0 aromatic heterocycles. The average molecular weight is 297 g/mol. The molecule has 1 rings (SSSR count). The number of anilines is 1. The zero-order valence-corrected chi connectivity index (χ0v) is 12.1. The molecule has 1 aromatic rings. The van der Waals surface area contributed by atoms with E-state index in [1.165, 1.54) is 18.2 Å². The number of hydrogen-bond acceptors (Lipinski definition) is 6. The van der Waals surface area contributed by atoms with Gasteiger partial charge in [-0.25, -0.2) is 0 Å². The smallest absolute Gasteiger partial charge is 0.293 e. The number of nitrogens with zero attached hydrogens (tertiary/aromatic N) is 2. The molecule has 8 nitrogen and oxygen atoms in total. The van der Waals surface area contributed by atoms with Crippen molar-refractivity contribution in [3.05, 3.63) is 33.9 Å². The minimum absolute atomic E-state index is 0.101. The van der Waals surface area contributed by atoms with Crippen molar-refractivity contribution >= 4 is 17.3 Å². The van der Waals surface area contributed by atoms with Crippen molar-refractivity contribution in [3.63, 3.8) is 0 Å². The lowest BCUT2D eigenvalue weighted by Crippen LogP contribution is -2.31. The topological polar surface area (TPSA) is 108 Å². The Kier molecular flexibility index (Phi) is 6.57. The van der Waals surface area contributed by atoms with Crippen LogP contribution in [0.4, 0.5) is 11.4 Å². The molecule has 0 heterocycles. The first kappa shape index (κ1) is 16.9. The van der Waals surface area contributed by atoms with Crippen molar-refractivity contribution in [2.45, 2.75) is 0 Å². The van der Waals surface area contributed by atoms with Gasteiger partial charge >= 0.3 is 0 Å². The summed E-state index contributed by atoms with van der Waals surface area (Å²) >= 11 is 0. The van der Waals surface area contributed by atoms with Crippen LogP contribution in [0.3, 0.4) is 0 Å². The molecule has 0 fully saturated rings. The molecule has 0 atom stereocenters. The van der Waals surface area contributed by atoms with Crippen LogP contribution in [0.25, 0.3) is 0 Å². The monoisotopic (exact) mass is 297 g/mol. The van der Waals surface area contributed by atoms with E-state index in [9.17, 15) is 14.9 Å². The highest BCUT2D eigenvalue weighted by atomic mass is 16.6. The molecule has 116 valence electrons. The van der Waals surface area contributed by atoms with Gasteiger partial charge in [-0.3, -0.25) is 14.9 Å². The SMILES string of the molecule is COCCN(CCOC)c1ccc(C(N)=O)cc1[N+](=O)[O-]. The van der Waals surface area contributed by atoms with Gasteiger partial charge in [0, 0.05) is 38.9 Å². The van der Waals surface area contributed by atoms with Crippen LogP contribution in [-0.4, -0.2) is 51.4 Å². The molecule has 0 saturated carbocycles. The highest BCUT2D eigenvalue weighted by Crippen LogP contribution is 2.29. The molecule has 0 unspecified atom stereocenters. The van der Waals surface area contributed by atoms with Gasteiger partial charge in [-0.1, -0.05) is 0 Å². The van der Waals surface area contributed by atoms with E-state index in [0.29, 0.717) is 32.0 Å². The number of nitro groups is 1. The second-order valence-electron chi connectivity index (χ2n) is 4.30. The second kappa shape index (κ2) is 8.18. The summed E-state index contributed by atoms with van der Waals surface area (Å²) in [5.74, 6) is -0.704. The minimum Gasteiger partial charge on any atom is -0.383 e. The van der Waals surface area contributed by atoms with E-state index in [1.54, 1.807) is 19.1 Å². The number of primary amides is 1. The fraction of sp³-hybridized carbons (Fsp3) is 0.462. The third-order valence-corrected chi connectivity index (χ3v) is 2.93. The average Bonchev–Trinajstić information content (AvgIpc) is 2.46. The molecule has 0 saturated heterocycles. The van der Waals surface area contributed by atoms with Gasteiger partial charge in [-0.2, -0.15) is 0 Å². The van der Waals surface area contributed by atoms with Crippen LogP contribution in [0.2, 0.25) is 0 Å². The van der Waals surface area contributed by atoms with Crippen LogP contribution in [0, 0.1) is 10.1 Å². The Morgan fingerprint density at radius 1 is 1.29 bits per heavy atom. The molecular formula is C13H19N3O5. The first-order chi connectivity index (χ1) is 10.0. The van der Waals surface area contributed by atoms with Crippen molar-refractivity contribution in [1.29, 1.82) is 0 Å². The summed E-state index contributed by atoms with van der Waals surface area (Å²) < 4.78 is 10.0. The van der Waals surface area contributed by atoms with Gasteiger partial charge in [0.25, 0.3) is 5.69 Å². The standard InChI is InChI=1S/C13H19N3O5/c1-20-7-5-15(6-8-21-2)11-4-3-10(13(14)17)9-12(11)16(18)19/h3-4,9H,5-8H2,1-2H3,(H2,14,17). The lowest BCUT2D eigenvalue weighted by Gasteiger charge is -2.24. The Hall–Kier alpha value is -2.19. The molecule has 1 amide bonds. The summed E-state index contributed by atoms with van der Waals surface area (Å²) in [4.78, 5) is 23.6. The molecule has 8 heteroatoms. The number of ether oxygens (including phenoxy) is 2. The summed E-state index contributed by atoms with van der Waals surface area (Å²) in [6.07, 6.45) is 0. The summed E-state index contributed by atoms with van der Waals surface area (Å²) in [5, 5.41) is 11.2. The fourth-order valence-corrected chi connectivity index (χ4v) is 1.85. The number of benzene rings is 1. The van der Waals surface area contributed by atoms with Gasteiger partial charge < -0.3 is 20.1 Å². The van der Waals surface area contributed by atoms with Crippen LogP contribution in [0.1, 0.15) is 10.4 Å². The lowest BCUT2D eigenvalue weighted by molar-refractivity contribution is -0.384. The molecule has 21 heavy (non-hydrogen) atoms. The molecule has 0 radical (unpaired) electrons. The molecular weight excluding hydrogens is 278 g/mol. The van der Waals surface area contributed by atoms with E-state index in [4.69, 9.17) is 15.2 Å². The molecule has 0 aliphatic carbocycles. The Labute approximate surface area is 122 Å². The Morgan fingerprint density at radius 3 is 2.29 bits per heavy atom. The Balaban J connectivity index is 3.15. The fourth-order valence-electron chi connectivity index (χ4n) is 1.85. The molecule has 0 aliphatic heterocycles. The van der Waals surface area contributed by atoms with Crippen molar-refractivity contribution in [2.75, 3.05) is 45.4 Å². The van der Waals surface area contributed by atoms with Crippen LogP contribution in [0.15, 0.2) is 18.2 Å². The summed E-state index contributed by atoms with van der Waals surface area (Å²) in [6, 6.07) is 4.17. The van der Waals surface area contributed by atoms with E-state index in [0.717, 1.165) is 0 Å². The minimum atomic E-state index is -0.704. The van der Waals surface area contributed by atoms with Gasteiger partial charge in [0.2, 0.25) is 5.91 Å². The molecule has 0 spiro atoms. The highest BCUT2D eigenvalue weighted by Gasteiger charge is 2.21. The predicted molar refractivity (Wildman–Crippen MR) is 77.6 cm³/mol. The number of rotatable bonds is 9. The maximum Gasteiger partial charge on any atom is 0.293 e. The first-order valence-electron chi connectivity index (χ1n) is 6.32. The van der Waals surface area contributed by atoms with Gasteiger partial charge in [-0.05, 0) is 12.1 Å². The van der Waals surface area contributed by atoms with Crippen molar-refractivity contribution in [3.8, 4) is 0 Å². The number of nitro benzene ring substituents is 1. The summed E-state index contributed by atoms with van der Waals surface area (Å²) in [7, 11) is 3.11. The number of carbonyl (C=O) groups excluding carboxylic acids is 1. The maximum absolute atomic E-state index is 11.2. The van der Waals surface area contributed by atoms with Crippen molar-refractivity contribution < 1.29 is 19.2 Å². The van der Waals surface area contributed by atoms with E-state index in [1.807, 2.05) is 0 Å². The van der Waals surface area contributed by atoms with E-state index < -0.39 is 10.8 Å². The second-order valence-corrected chi connectivity index (χ2v) is 4.30. The number of carbonyl (C=O) groups is 1. The van der Waals surface area contributed by atoms with E-state index in [2.05, 4.69) is 0 Å². The van der Waals surface area contributed by atoms with Crippen molar-refractivity contribution in [1.82, 2.24) is 0 Å². The largest absolute Gasteiger partial charge is 0.383 e. The van der Waals surface area contributed by atoms with E-state index >= 15 is 0 Å². The van der Waals surface area contributed by atoms with Crippen molar-refractivity contribution in [2.24, 2.45) is 5.73 Å². The summed E-state index contributed by atoms with van der Waals surface area (Å²) in [6.45, 7) is 1.77. The van der Waals surface area contributed by atoms with Crippen LogP contribution >= 0.6 is 0 Å². The van der Waals surface area contributed by atoms with Gasteiger partial charge in [-0.15, -0.1) is 0 Å². The zero-order valence-electron chi connectivity index (χ0n) is 12.1. The highest BCUT2D eigenvalue weighted by molar-refractivity contribution is 5.94. The van der Waals surface area contributed by atoms with Gasteiger partial charge in [0.05, 0.1) is 18.1 Å². The molecule has 0 aliphatic rings. The molecule has 0 bridgehead atoms. The predicted octanol–water partition coefficient (Wildman–Crippen LogP) is 0.793. The van der Waals surface area contributed by atoms with Crippen LogP contribution in [-0.2, 0) is 9.47 Å². The number of methoxy groups -OCH3 is 2. The number of amides is 1. The maximum atomic E-state index is 11.2. The van der Waals surface area contributed by atoms with Gasteiger partial charge in [0.15, 0.2) is 0 Å². The van der Waals surface area contributed by atoms with Crippen LogP contribution in [0.5, 0.6) is 0 Å². The molecule has 2 N–H and O–H groups in total. The molecule has 1 aromatic carbocycles. The third kappa shape index (κ3) is 4.69. The quantitative estimate of drug-likeness (QED) is 0.533. The Morgan fingerprint density at radius 2 is 1.86 bits per heavy atom. The zero-order chi connectivity index (χ0) is 15.8.